The van der Waals surface area contributed by atoms with Gasteiger partial charge in [-0.1, -0.05) is 12.1 Å². The van der Waals surface area contributed by atoms with Gasteiger partial charge in [-0.05, 0) is 24.6 Å². The van der Waals surface area contributed by atoms with E-state index < -0.39 is 0 Å². The molecule has 1 aromatic carbocycles. The van der Waals surface area contributed by atoms with Gasteiger partial charge in [0, 0.05) is 51.1 Å². The highest BCUT2D eigenvalue weighted by Gasteiger charge is 2.05. The van der Waals surface area contributed by atoms with Crippen molar-refractivity contribution in [3.05, 3.63) is 53.6 Å². The van der Waals surface area contributed by atoms with Gasteiger partial charge in [-0.15, -0.1) is 0 Å². The van der Waals surface area contributed by atoms with Crippen molar-refractivity contribution in [2.45, 2.75) is 13.3 Å². The lowest BCUT2D eigenvalue weighted by molar-refractivity contribution is -0.116. The number of anilines is 1. The van der Waals surface area contributed by atoms with Gasteiger partial charge in [-0.25, -0.2) is 15.0 Å². The first-order valence-corrected chi connectivity index (χ1v) is 8.42. The minimum Gasteiger partial charge on any atom is -0.352 e. The molecular weight excluding hydrogens is 328 g/mol. The Kier molecular flexibility index (Phi) is 5.26. The first-order chi connectivity index (χ1) is 12.5. The van der Waals surface area contributed by atoms with Crippen LogP contribution in [0.25, 0.3) is 17.1 Å². The molecule has 2 aromatic heterocycles. The van der Waals surface area contributed by atoms with Crippen LogP contribution in [-0.2, 0) is 11.2 Å². The highest BCUT2D eigenvalue weighted by molar-refractivity contribution is 5.91. The number of hydrogen-bond acceptors (Lipinski definition) is 5. The second-order valence-electron chi connectivity index (χ2n) is 6.24. The molecular formula is C19H22N6O. The monoisotopic (exact) mass is 350 g/mol. The zero-order chi connectivity index (χ0) is 18.5. The normalized spacial score (nSPS) is 11.2. The van der Waals surface area contributed by atoms with Gasteiger partial charge in [0.2, 0.25) is 11.9 Å². The van der Waals surface area contributed by atoms with Crippen molar-refractivity contribution in [1.29, 1.82) is 0 Å². The highest BCUT2D eigenvalue weighted by Crippen LogP contribution is 2.15. The van der Waals surface area contributed by atoms with Gasteiger partial charge in [0.05, 0.1) is 11.0 Å². The Morgan fingerprint density at radius 1 is 1.27 bits per heavy atom. The number of imidazole rings is 1. The fraction of sp³-hybridized carbons (Fsp3) is 0.263. The molecule has 0 aliphatic carbocycles. The number of aromatic amines is 1. The van der Waals surface area contributed by atoms with Crippen LogP contribution in [0, 0.1) is 6.92 Å². The van der Waals surface area contributed by atoms with E-state index in [0.717, 1.165) is 28.0 Å². The average Bonchev–Trinajstić information content (AvgIpc) is 3.05. The summed E-state index contributed by atoms with van der Waals surface area (Å²) in [5.74, 6) is 1.34. The molecule has 0 saturated carbocycles. The van der Waals surface area contributed by atoms with E-state index in [4.69, 9.17) is 0 Å². The number of para-hydroxylation sites is 1. The van der Waals surface area contributed by atoms with Crippen LogP contribution < -0.4 is 10.2 Å². The summed E-state index contributed by atoms with van der Waals surface area (Å²) in [6, 6.07) is 6.04. The molecule has 0 atom stereocenters. The van der Waals surface area contributed by atoms with Crippen LogP contribution in [0.1, 0.15) is 17.0 Å². The van der Waals surface area contributed by atoms with Crippen LogP contribution in [0.5, 0.6) is 0 Å². The second kappa shape index (κ2) is 7.77. The third-order valence-electron chi connectivity index (χ3n) is 3.91. The molecule has 7 heteroatoms. The van der Waals surface area contributed by atoms with Gasteiger partial charge in [0.1, 0.15) is 5.82 Å². The second-order valence-corrected chi connectivity index (χ2v) is 6.24. The molecule has 0 aliphatic rings. The quantitative estimate of drug-likeness (QED) is 0.665. The lowest BCUT2D eigenvalue weighted by Gasteiger charge is -2.08. The number of carbonyl (C=O) groups is 1. The minimum atomic E-state index is -0.158. The predicted octanol–water partition coefficient (Wildman–Crippen LogP) is 2.10. The third kappa shape index (κ3) is 4.24. The largest absolute Gasteiger partial charge is 0.352 e. The highest BCUT2D eigenvalue weighted by atomic mass is 16.1. The smallest absolute Gasteiger partial charge is 0.244 e. The first kappa shape index (κ1) is 17.6. The summed E-state index contributed by atoms with van der Waals surface area (Å²) in [7, 11) is 3.75. The Hall–Kier alpha value is -3.22. The van der Waals surface area contributed by atoms with Gasteiger partial charge in [-0.2, -0.15) is 0 Å². The molecule has 3 rings (SSSR count). The van der Waals surface area contributed by atoms with Crippen molar-refractivity contribution in [2.75, 3.05) is 25.5 Å². The fourth-order valence-electron chi connectivity index (χ4n) is 2.53. The number of aromatic nitrogens is 4. The molecule has 0 fully saturated rings. The minimum absolute atomic E-state index is 0.158. The molecule has 2 heterocycles. The summed E-state index contributed by atoms with van der Waals surface area (Å²) < 4.78 is 0. The van der Waals surface area contributed by atoms with E-state index in [9.17, 15) is 4.79 Å². The molecule has 0 aliphatic heterocycles. The molecule has 134 valence electrons. The number of aryl methyl sites for hydroxylation is 1. The number of nitrogens with one attached hydrogen (secondary N) is 2. The van der Waals surface area contributed by atoms with Crippen LogP contribution in [0.15, 0.2) is 36.7 Å². The van der Waals surface area contributed by atoms with Crippen LogP contribution in [0.4, 0.5) is 5.95 Å². The van der Waals surface area contributed by atoms with Gasteiger partial charge < -0.3 is 15.2 Å². The fourth-order valence-corrected chi connectivity index (χ4v) is 2.53. The van der Waals surface area contributed by atoms with Gasteiger partial charge in [-0.3, -0.25) is 4.79 Å². The molecule has 26 heavy (non-hydrogen) atoms. The number of fused-ring (bicyclic) bond motifs is 1. The molecule has 3 aromatic rings. The molecule has 1 amide bonds. The maximum Gasteiger partial charge on any atom is 0.244 e. The van der Waals surface area contributed by atoms with Crippen molar-refractivity contribution in [3.63, 3.8) is 0 Å². The number of amides is 1. The molecule has 0 radical (unpaired) electrons. The zero-order valence-electron chi connectivity index (χ0n) is 15.2. The van der Waals surface area contributed by atoms with E-state index in [2.05, 4.69) is 25.3 Å². The number of rotatable bonds is 6. The topological polar surface area (TPSA) is 86.8 Å². The van der Waals surface area contributed by atoms with E-state index >= 15 is 0 Å². The predicted molar refractivity (Wildman–Crippen MR) is 103 cm³/mol. The Morgan fingerprint density at radius 3 is 2.73 bits per heavy atom. The van der Waals surface area contributed by atoms with Gasteiger partial charge >= 0.3 is 0 Å². The van der Waals surface area contributed by atoms with E-state index in [1.54, 1.807) is 18.5 Å². The number of carbonyl (C=O) groups excluding carboxylic acids is 1. The summed E-state index contributed by atoms with van der Waals surface area (Å²) in [5, 5.41) is 2.86. The molecule has 0 spiro atoms. The molecule has 0 unspecified atom stereocenters. The summed E-state index contributed by atoms with van der Waals surface area (Å²) in [6.45, 7) is 2.55. The molecule has 0 saturated heterocycles. The number of H-pyrrole nitrogens is 1. The third-order valence-corrected chi connectivity index (χ3v) is 3.91. The van der Waals surface area contributed by atoms with Crippen LogP contribution in [0.2, 0.25) is 0 Å². The molecule has 7 nitrogen and oxygen atoms in total. The number of benzene rings is 1. The lowest BCUT2D eigenvalue weighted by Crippen LogP contribution is -2.23. The van der Waals surface area contributed by atoms with E-state index in [-0.39, 0.29) is 5.91 Å². The van der Waals surface area contributed by atoms with E-state index in [1.165, 1.54) is 6.08 Å². The van der Waals surface area contributed by atoms with Gasteiger partial charge in [0.25, 0.3) is 0 Å². The van der Waals surface area contributed by atoms with Gasteiger partial charge in [0.15, 0.2) is 0 Å². The Bertz CT molecular complexity index is 927. The lowest BCUT2D eigenvalue weighted by atomic mass is 10.2. The van der Waals surface area contributed by atoms with Crippen LogP contribution in [-0.4, -0.2) is 46.5 Å². The van der Waals surface area contributed by atoms with Crippen molar-refractivity contribution in [3.8, 4) is 0 Å². The van der Waals surface area contributed by atoms with Crippen molar-refractivity contribution < 1.29 is 4.79 Å². The van der Waals surface area contributed by atoms with Crippen molar-refractivity contribution in [2.24, 2.45) is 0 Å². The Labute approximate surface area is 152 Å². The Balaban J connectivity index is 1.51. The van der Waals surface area contributed by atoms with Crippen molar-refractivity contribution >= 4 is 29.0 Å². The zero-order valence-corrected chi connectivity index (χ0v) is 15.2. The maximum absolute atomic E-state index is 11.9. The van der Waals surface area contributed by atoms with E-state index in [1.807, 2.05) is 44.1 Å². The van der Waals surface area contributed by atoms with Crippen LogP contribution in [0.3, 0.4) is 0 Å². The average molecular weight is 350 g/mol. The Morgan fingerprint density at radius 2 is 2.04 bits per heavy atom. The number of nitrogens with zero attached hydrogens (tertiary/aromatic N) is 4. The van der Waals surface area contributed by atoms with E-state index in [0.29, 0.717) is 18.9 Å². The summed E-state index contributed by atoms with van der Waals surface area (Å²) in [4.78, 5) is 30.0. The van der Waals surface area contributed by atoms with Crippen LogP contribution >= 0.6 is 0 Å². The summed E-state index contributed by atoms with van der Waals surface area (Å²) >= 11 is 0. The first-order valence-electron chi connectivity index (χ1n) is 8.42. The van der Waals surface area contributed by atoms with Crippen molar-refractivity contribution in [1.82, 2.24) is 25.3 Å². The SMILES string of the molecule is Cc1cccc2[nH]c(CCNC(=O)/C=C/c3cnc(N(C)C)nc3)nc12. The summed E-state index contributed by atoms with van der Waals surface area (Å²) in [6.07, 6.45) is 7.19. The maximum atomic E-state index is 11.9. The molecule has 2 N–H and O–H groups in total. The number of hydrogen-bond donors (Lipinski definition) is 2. The summed E-state index contributed by atoms with van der Waals surface area (Å²) in [5.41, 5.74) is 3.92. The molecule has 0 bridgehead atoms. The standard InChI is InChI=1S/C19H22N6O/c1-13-5-4-6-15-18(13)24-16(23-15)9-10-20-17(26)8-7-14-11-21-19(22-12-14)25(2)3/h4-8,11-12H,9-10H2,1-3H3,(H,20,26)(H,23,24)/b8-7+.